The van der Waals surface area contributed by atoms with E-state index in [1.807, 2.05) is 14.0 Å². The summed E-state index contributed by atoms with van der Waals surface area (Å²) in [6.07, 6.45) is -0.586. The molecule has 1 heterocycles. The molecule has 0 aromatic rings. The zero-order chi connectivity index (χ0) is 12.7. The van der Waals surface area contributed by atoms with Gasteiger partial charge in [-0.2, -0.15) is 0 Å². The molecule has 2 N–H and O–H groups in total. The third-order valence-electron chi connectivity index (χ3n) is 2.81. The van der Waals surface area contributed by atoms with Gasteiger partial charge in [-0.15, -0.1) is 0 Å². The minimum absolute atomic E-state index is 0.233. The second-order valence-corrected chi connectivity index (χ2v) is 4.20. The highest BCUT2D eigenvalue weighted by atomic mass is 16.6. The Hall–Kier alpha value is -0.850. The molecule has 1 amide bonds. The van der Waals surface area contributed by atoms with Crippen LogP contribution >= 0.6 is 0 Å². The van der Waals surface area contributed by atoms with Crippen LogP contribution in [0.15, 0.2) is 0 Å². The number of likely N-dealkylation sites (N-methyl/N-ethyl adjacent to an activating group) is 1. The van der Waals surface area contributed by atoms with Crippen molar-refractivity contribution in [1.29, 1.82) is 0 Å². The van der Waals surface area contributed by atoms with Crippen molar-refractivity contribution < 1.29 is 14.6 Å². The molecule has 17 heavy (non-hydrogen) atoms. The smallest absolute Gasteiger partial charge is 0.409 e. The number of piperazine rings is 1. The molecule has 6 heteroatoms. The predicted octanol–water partition coefficient (Wildman–Crippen LogP) is -0.659. The summed E-state index contributed by atoms with van der Waals surface area (Å²) in [5.74, 6) is 0. The van der Waals surface area contributed by atoms with Crippen LogP contribution in [0, 0.1) is 0 Å². The quantitative estimate of drug-likeness (QED) is 0.673. The van der Waals surface area contributed by atoms with Gasteiger partial charge >= 0.3 is 6.09 Å². The number of carbonyl (C=O) groups is 1. The SMILES string of the molecule is CCOC(=O)N1CCN(CC(O)CNC)CC1. The lowest BCUT2D eigenvalue weighted by molar-refractivity contribution is 0.0585. The van der Waals surface area contributed by atoms with Gasteiger partial charge in [0.15, 0.2) is 0 Å². The molecule has 1 rings (SSSR count). The number of nitrogens with one attached hydrogen (secondary N) is 1. The highest BCUT2D eigenvalue weighted by Gasteiger charge is 2.22. The number of β-amino-alcohol motifs (C(OH)–C–C–N with tert-alkyl or cyclic N) is 1. The first-order chi connectivity index (χ1) is 8.17. The van der Waals surface area contributed by atoms with Crippen molar-refractivity contribution in [2.45, 2.75) is 13.0 Å². The molecule has 0 aromatic carbocycles. The molecule has 0 bridgehead atoms. The lowest BCUT2D eigenvalue weighted by Crippen LogP contribution is -2.51. The number of nitrogens with zero attached hydrogens (tertiary/aromatic N) is 2. The fourth-order valence-electron chi connectivity index (χ4n) is 1.93. The fourth-order valence-corrected chi connectivity index (χ4v) is 1.93. The fraction of sp³-hybridized carbons (Fsp3) is 0.909. The molecule has 1 saturated heterocycles. The number of ether oxygens (including phenoxy) is 1. The van der Waals surface area contributed by atoms with Gasteiger partial charge in [0.1, 0.15) is 0 Å². The highest BCUT2D eigenvalue weighted by molar-refractivity contribution is 5.67. The summed E-state index contributed by atoms with van der Waals surface area (Å²) < 4.78 is 4.95. The molecule has 100 valence electrons. The van der Waals surface area contributed by atoms with Gasteiger partial charge in [-0.25, -0.2) is 4.79 Å². The monoisotopic (exact) mass is 245 g/mol. The third-order valence-corrected chi connectivity index (χ3v) is 2.81. The average Bonchev–Trinajstić information content (AvgIpc) is 2.30. The second-order valence-electron chi connectivity index (χ2n) is 4.20. The van der Waals surface area contributed by atoms with Crippen molar-refractivity contribution in [3.63, 3.8) is 0 Å². The van der Waals surface area contributed by atoms with Crippen molar-refractivity contribution in [2.75, 3.05) is 52.9 Å². The van der Waals surface area contributed by atoms with Crippen LogP contribution < -0.4 is 5.32 Å². The summed E-state index contributed by atoms with van der Waals surface area (Å²) in [6.45, 7) is 6.40. The topological polar surface area (TPSA) is 65.0 Å². The van der Waals surface area contributed by atoms with Crippen molar-refractivity contribution >= 4 is 6.09 Å². The van der Waals surface area contributed by atoms with E-state index in [-0.39, 0.29) is 12.2 Å². The Morgan fingerprint density at radius 1 is 1.41 bits per heavy atom. The molecule has 1 atom stereocenters. The van der Waals surface area contributed by atoms with Crippen LogP contribution in [0.2, 0.25) is 0 Å². The molecular weight excluding hydrogens is 222 g/mol. The molecule has 1 unspecified atom stereocenters. The van der Waals surface area contributed by atoms with Crippen LogP contribution in [0.25, 0.3) is 0 Å². The maximum atomic E-state index is 11.5. The van der Waals surface area contributed by atoms with E-state index in [1.54, 1.807) is 4.90 Å². The highest BCUT2D eigenvalue weighted by Crippen LogP contribution is 2.04. The van der Waals surface area contributed by atoms with Crippen LogP contribution in [-0.2, 0) is 4.74 Å². The zero-order valence-corrected chi connectivity index (χ0v) is 10.7. The van der Waals surface area contributed by atoms with Gasteiger partial charge < -0.3 is 20.1 Å². The molecule has 0 radical (unpaired) electrons. The van der Waals surface area contributed by atoms with Gasteiger partial charge in [0.05, 0.1) is 12.7 Å². The lowest BCUT2D eigenvalue weighted by atomic mass is 10.2. The molecule has 1 aliphatic rings. The largest absolute Gasteiger partial charge is 0.450 e. The first-order valence-corrected chi connectivity index (χ1v) is 6.14. The number of hydrogen-bond donors (Lipinski definition) is 2. The Morgan fingerprint density at radius 3 is 2.59 bits per heavy atom. The molecule has 1 aliphatic heterocycles. The van der Waals surface area contributed by atoms with E-state index >= 15 is 0 Å². The van der Waals surface area contributed by atoms with Crippen molar-refractivity contribution in [1.82, 2.24) is 15.1 Å². The molecule has 0 saturated carbocycles. The van der Waals surface area contributed by atoms with Crippen LogP contribution in [0.3, 0.4) is 0 Å². The van der Waals surface area contributed by atoms with Gasteiger partial charge in [0, 0.05) is 39.3 Å². The summed E-state index contributed by atoms with van der Waals surface area (Å²) in [5.41, 5.74) is 0. The summed E-state index contributed by atoms with van der Waals surface area (Å²) in [6, 6.07) is 0. The van der Waals surface area contributed by atoms with Gasteiger partial charge in [-0.05, 0) is 14.0 Å². The predicted molar refractivity (Wildman–Crippen MR) is 65.0 cm³/mol. The number of amides is 1. The number of hydrogen-bond acceptors (Lipinski definition) is 5. The van der Waals surface area contributed by atoms with E-state index < -0.39 is 0 Å². The summed E-state index contributed by atoms with van der Waals surface area (Å²) in [4.78, 5) is 15.3. The van der Waals surface area contributed by atoms with Crippen molar-refractivity contribution in [3.8, 4) is 0 Å². The van der Waals surface area contributed by atoms with E-state index in [0.717, 1.165) is 13.1 Å². The minimum atomic E-state index is -0.353. The Balaban J connectivity index is 2.23. The average molecular weight is 245 g/mol. The van der Waals surface area contributed by atoms with Gasteiger partial charge in [0.2, 0.25) is 0 Å². The number of aliphatic hydroxyl groups excluding tert-OH is 1. The number of carbonyl (C=O) groups excluding carboxylic acids is 1. The van der Waals surface area contributed by atoms with Crippen LogP contribution in [0.1, 0.15) is 6.92 Å². The zero-order valence-electron chi connectivity index (χ0n) is 10.7. The van der Waals surface area contributed by atoms with E-state index in [1.165, 1.54) is 0 Å². The summed E-state index contributed by atoms with van der Waals surface area (Å²) in [5, 5.41) is 12.6. The van der Waals surface area contributed by atoms with E-state index in [4.69, 9.17) is 4.74 Å². The summed E-state index contributed by atoms with van der Waals surface area (Å²) >= 11 is 0. The maximum absolute atomic E-state index is 11.5. The Bertz CT molecular complexity index is 230. The molecule has 0 aromatic heterocycles. The normalized spacial score (nSPS) is 19.1. The third kappa shape index (κ3) is 4.89. The lowest BCUT2D eigenvalue weighted by Gasteiger charge is -2.34. The van der Waals surface area contributed by atoms with Gasteiger partial charge in [-0.3, -0.25) is 4.90 Å². The van der Waals surface area contributed by atoms with Crippen molar-refractivity contribution in [3.05, 3.63) is 0 Å². The standard InChI is InChI=1S/C11H23N3O3/c1-3-17-11(16)14-6-4-13(5-7-14)9-10(15)8-12-2/h10,12,15H,3-9H2,1-2H3. The van der Waals surface area contributed by atoms with Gasteiger partial charge in [-0.1, -0.05) is 0 Å². The van der Waals surface area contributed by atoms with Crippen LogP contribution in [0.5, 0.6) is 0 Å². The van der Waals surface area contributed by atoms with E-state index in [0.29, 0.717) is 32.8 Å². The Labute approximate surface area is 103 Å². The number of aliphatic hydroxyl groups is 1. The van der Waals surface area contributed by atoms with Crippen LogP contribution in [-0.4, -0.2) is 80.0 Å². The first-order valence-electron chi connectivity index (χ1n) is 6.14. The number of rotatable bonds is 5. The van der Waals surface area contributed by atoms with Crippen molar-refractivity contribution in [2.24, 2.45) is 0 Å². The Kier molecular flexibility index (Phi) is 6.25. The second kappa shape index (κ2) is 7.47. The maximum Gasteiger partial charge on any atom is 0.409 e. The molecule has 1 fully saturated rings. The first kappa shape index (κ1) is 14.2. The van der Waals surface area contributed by atoms with E-state index in [2.05, 4.69) is 10.2 Å². The molecular formula is C11H23N3O3. The summed E-state index contributed by atoms with van der Waals surface area (Å²) in [7, 11) is 1.82. The molecule has 6 nitrogen and oxygen atoms in total. The molecule has 0 aliphatic carbocycles. The van der Waals surface area contributed by atoms with E-state index in [9.17, 15) is 9.90 Å². The Morgan fingerprint density at radius 2 is 2.06 bits per heavy atom. The van der Waals surface area contributed by atoms with Crippen LogP contribution in [0.4, 0.5) is 4.79 Å². The van der Waals surface area contributed by atoms with Gasteiger partial charge in [0.25, 0.3) is 0 Å². The minimum Gasteiger partial charge on any atom is -0.450 e. The molecule has 0 spiro atoms.